The summed E-state index contributed by atoms with van der Waals surface area (Å²) in [5.74, 6) is 0. The van der Waals surface area contributed by atoms with Crippen molar-refractivity contribution >= 4 is 26.0 Å². The van der Waals surface area contributed by atoms with E-state index in [2.05, 4.69) is 21.2 Å². The molecule has 1 atom stereocenters. The third-order valence-electron chi connectivity index (χ3n) is 3.06. The second-order valence-corrected chi connectivity index (χ2v) is 7.44. The quantitative estimate of drug-likeness (QED) is 0.801. The summed E-state index contributed by atoms with van der Waals surface area (Å²) in [7, 11) is 1.39. The van der Waals surface area contributed by atoms with E-state index >= 15 is 0 Å². The number of sulfonamides is 1. The van der Waals surface area contributed by atoms with Gasteiger partial charge >= 0.3 is 0 Å². The molecule has 0 heterocycles. The van der Waals surface area contributed by atoms with E-state index in [4.69, 9.17) is 4.74 Å². The summed E-state index contributed by atoms with van der Waals surface area (Å²) in [4.78, 5) is 0.274. The number of nitrogens with one attached hydrogen (secondary N) is 1. The SMILES string of the molecule is CNCc1ccc(Br)c(S(=O)(=O)N(C)C(C)COC)c1. The number of halogens is 1. The fourth-order valence-electron chi connectivity index (χ4n) is 1.80. The topological polar surface area (TPSA) is 58.6 Å². The lowest BCUT2D eigenvalue weighted by Crippen LogP contribution is -2.38. The lowest BCUT2D eigenvalue weighted by atomic mass is 10.2. The van der Waals surface area contributed by atoms with Crippen molar-refractivity contribution in [3.8, 4) is 0 Å². The maximum atomic E-state index is 12.6. The van der Waals surface area contributed by atoms with Crippen LogP contribution in [0.15, 0.2) is 27.6 Å². The maximum absolute atomic E-state index is 12.6. The van der Waals surface area contributed by atoms with Crippen molar-refractivity contribution in [1.29, 1.82) is 0 Å². The van der Waals surface area contributed by atoms with Crippen molar-refractivity contribution in [2.45, 2.75) is 24.4 Å². The Labute approximate surface area is 129 Å². The van der Waals surface area contributed by atoms with Crippen LogP contribution in [0, 0.1) is 0 Å². The molecule has 1 unspecified atom stereocenters. The van der Waals surface area contributed by atoms with E-state index < -0.39 is 10.0 Å². The van der Waals surface area contributed by atoms with Crippen LogP contribution in [0.1, 0.15) is 12.5 Å². The molecule has 1 N–H and O–H groups in total. The summed E-state index contributed by atoms with van der Waals surface area (Å²) >= 11 is 3.32. The highest BCUT2D eigenvalue weighted by atomic mass is 79.9. The summed E-state index contributed by atoms with van der Waals surface area (Å²) in [6, 6.07) is 5.10. The molecular formula is C13H21BrN2O3S. The summed E-state index contributed by atoms with van der Waals surface area (Å²) in [5.41, 5.74) is 0.919. The predicted molar refractivity (Wildman–Crippen MR) is 83.2 cm³/mol. The molecule has 0 saturated carbocycles. The van der Waals surface area contributed by atoms with E-state index in [9.17, 15) is 8.42 Å². The van der Waals surface area contributed by atoms with Crippen LogP contribution in [0.4, 0.5) is 0 Å². The van der Waals surface area contributed by atoms with E-state index in [0.29, 0.717) is 17.6 Å². The number of likely N-dealkylation sites (N-methyl/N-ethyl adjacent to an activating group) is 1. The molecule has 0 aliphatic carbocycles. The number of nitrogens with zero attached hydrogens (tertiary/aromatic N) is 1. The smallest absolute Gasteiger partial charge is 0.244 e. The van der Waals surface area contributed by atoms with Gasteiger partial charge in [-0.2, -0.15) is 4.31 Å². The van der Waals surface area contributed by atoms with E-state index in [1.807, 2.05) is 20.0 Å². The van der Waals surface area contributed by atoms with Crippen molar-refractivity contribution < 1.29 is 13.2 Å². The first kappa shape index (κ1) is 17.6. The number of rotatable bonds is 7. The molecule has 0 radical (unpaired) electrons. The Morgan fingerprint density at radius 2 is 2.10 bits per heavy atom. The van der Waals surface area contributed by atoms with Crippen molar-refractivity contribution in [3.63, 3.8) is 0 Å². The first-order valence-electron chi connectivity index (χ1n) is 6.24. The minimum atomic E-state index is -3.55. The molecule has 0 saturated heterocycles. The highest BCUT2D eigenvalue weighted by Gasteiger charge is 2.27. The van der Waals surface area contributed by atoms with Crippen LogP contribution in [-0.2, 0) is 21.3 Å². The van der Waals surface area contributed by atoms with Crippen molar-refractivity contribution in [2.24, 2.45) is 0 Å². The zero-order chi connectivity index (χ0) is 15.3. The summed E-state index contributed by atoms with van der Waals surface area (Å²) in [6.45, 7) is 2.78. The summed E-state index contributed by atoms with van der Waals surface area (Å²) < 4.78 is 32.2. The molecule has 20 heavy (non-hydrogen) atoms. The van der Waals surface area contributed by atoms with Crippen LogP contribution < -0.4 is 5.32 Å². The average Bonchev–Trinajstić information content (AvgIpc) is 2.40. The molecule has 1 rings (SSSR count). The van der Waals surface area contributed by atoms with Crippen molar-refractivity contribution in [3.05, 3.63) is 28.2 Å². The lowest BCUT2D eigenvalue weighted by molar-refractivity contribution is 0.149. The van der Waals surface area contributed by atoms with Crippen LogP contribution in [-0.4, -0.2) is 46.6 Å². The molecule has 0 spiro atoms. The van der Waals surface area contributed by atoms with Crippen LogP contribution in [0.25, 0.3) is 0 Å². The Bertz CT molecular complexity index is 549. The molecule has 7 heteroatoms. The minimum absolute atomic E-state index is 0.232. The molecule has 0 aliphatic rings. The second kappa shape index (κ2) is 7.51. The van der Waals surface area contributed by atoms with Gasteiger partial charge in [0.15, 0.2) is 0 Å². The van der Waals surface area contributed by atoms with Crippen LogP contribution >= 0.6 is 15.9 Å². The van der Waals surface area contributed by atoms with Gasteiger partial charge in [0.25, 0.3) is 0 Å². The first-order chi connectivity index (χ1) is 9.34. The molecule has 5 nitrogen and oxygen atoms in total. The van der Waals surface area contributed by atoms with E-state index in [-0.39, 0.29) is 10.9 Å². The van der Waals surface area contributed by atoms with Crippen LogP contribution in [0.2, 0.25) is 0 Å². The number of methoxy groups -OCH3 is 1. The number of ether oxygens (including phenoxy) is 1. The molecule has 0 amide bonds. The van der Waals surface area contributed by atoms with Crippen molar-refractivity contribution in [1.82, 2.24) is 9.62 Å². The molecule has 0 bridgehead atoms. The average molecular weight is 365 g/mol. The lowest BCUT2D eigenvalue weighted by Gasteiger charge is -2.24. The number of hydrogen-bond donors (Lipinski definition) is 1. The molecule has 1 aromatic carbocycles. The first-order valence-corrected chi connectivity index (χ1v) is 8.48. The molecule has 0 fully saturated rings. The van der Waals surface area contributed by atoms with Gasteiger partial charge in [0.1, 0.15) is 0 Å². The van der Waals surface area contributed by atoms with Gasteiger partial charge in [-0.1, -0.05) is 6.07 Å². The van der Waals surface area contributed by atoms with E-state index in [1.165, 1.54) is 4.31 Å². The third kappa shape index (κ3) is 4.02. The van der Waals surface area contributed by atoms with Gasteiger partial charge in [-0.05, 0) is 47.6 Å². The summed E-state index contributed by atoms with van der Waals surface area (Å²) in [5, 5.41) is 3.01. The van der Waals surface area contributed by atoms with Crippen LogP contribution in [0.5, 0.6) is 0 Å². The number of hydrogen-bond acceptors (Lipinski definition) is 4. The van der Waals surface area contributed by atoms with Crippen LogP contribution in [0.3, 0.4) is 0 Å². The van der Waals surface area contributed by atoms with Gasteiger partial charge in [0.2, 0.25) is 10.0 Å². The Kier molecular flexibility index (Phi) is 6.60. The van der Waals surface area contributed by atoms with E-state index in [1.54, 1.807) is 26.3 Å². The number of benzene rings is 1. The minimum Gasteiger partial charge on any atom is -0.383 e. The van der Waals surface area contributed by atoms with Gasteiger partial charge < -0.3 is 10.1 Å². The Morgan fingerprint density at radius 1 is 1.45 bits per heavy atom. The maximum Gasteiger partial charge on any atom is 0.244 e. The molecule has 0 aromatic heterocycles. The third-order valence-corrected chi connectivity index (χ3v) is 6.03. The van der Waals surface area contributed by atoms with E-state index in [0.717, 1.165) is 5.56 Å². The second-order valence-electron chi connectivity index (χ2n) is 4.62. The zero-order valence-electron chi connectivity index (χ0n) is 12.2. The van der Waals surface area contributed by atoms with Gasteiger partial charge in [0, 0.05) is 31.2 Å². The van der Waals surface area contributed by atoms with Gasteiger partial charge in [-0.3, -0.25) is 0 Å². The van der Waals surface area contributed by atoms with Gasteiger partial charge in [-0.25, -0.2) is 8.42 Å². The normalized spacial score (nSPS) is 13.7. The molecule has 1 aromatic rings. The van der Waals surface area contributed by atoms with Crippen molar-refractivity contribution in [2.75, 3.05) is 27.8 Å². The Morgan fingerprint density at radius 3 is 2.65 bits per heavy atom. The largest absolute Gasteiger partial charge is 0.383 e. The van der Waals surface area contributed by atoms with Gasteiger partial charge in [0.05, 0.1) is 11.5 Å². The predicted octanol–water partition coefficient (Wildman–Crippen LogP) is 1.82. The molecule has 114 valence electrons. The Hall–Kier alpha value is -0.470. The van der Waals surface area contributed by atoms with Gasteiger partial charge in [-0.15, -0.1) is 0 Å². The highest BCUT2D eigenvalue weighted by Crippen LogP contribution is 2.26. The molecule has 0 aliphatic heterocycles. The highest BCUT2D eigenvalue weighted by molar-refractivity contribution is 9.10. The fourth-order valence-corrected chi connectivity index (χ4v) is 4.12. The monoisotopic (exact) mass is 364 g/mol. The molecular weight excluding hydrogens is 344 g/mol. The zero-order valence-corrected chi connectivity index (χ0v) is 14.6. The Balaban J connectivity index is 3.17. The standard InChI is InChI=1S/C13H21BrN2O3S/c1-10(9-19-4)16(3)20(17,18)13-7-11(8-15-2)5-6-12(13)14/h5-7,10,15H,8-9H2,1-4H3. The summed E-state index contributed by atoms with van der Waals surface area (Å²) in [6.07, 6.45) is 0. The fraction of sp³-hybridized carbons (Fsp3) is 0.538.